The number of ether oxygens (including phenoxy) is 1. The van der Waals surface area contributed by atoms with Gasteiger partial charge in [-0.3, -0.25) is 4.79 Å². The second kappa shape index (κ2) is 4.78. The summed E-state index contributed by atoms with van der Waals surface area (Å²) in [5.74, 6) is 0.00818. The Morgan fingerprint density at radius 3 is 2.07 bits per heavy atom. The number of carbonyl (C=O) groups excluding carboxylic acids is 1. The molecule has 0 unspecified atom stereocenters. The Bertz CT molecular complexity index is 192. The van der Waals surface area contributed by atoms with Crippen molar-refractivity contribution in [3.63, 3.8) is 0 Å². The smallest absolute Gasteiger partial charge is 0.216 e. The first-order valence-corrected chi connectivity index (χ1v) is 5.01. The molecule has 0 aromatic carbocycles. The zero-order valence-corrected chi connectivity index (χ0v) is 10.2. The lowest BCUT2D eigenvalue weighted by molar-refractivity contribution is -0.119. The molecule has 0 radical (unpaired) electrons. The van der Waals surface area contributed by atoms with Crippen LogP contribution in [0.3, 0.4) is 0 Å². The lowest BCUT2D eigenvalue weighted by Crippen LogP contribution is -2.37. The lowest BCUT2D eigenvalue weighted by atomic mass is 9.94. The average molecular weight is 201 g/mol. The quantitative estimate of drug-likeness (QED) is 0.755. The first-order chi connectivity index (χ1) is 6.12. The zero-order chi connectivity index (χ0) is 11.4. The Balaban J connectivity index is 3.89. The predicted molar refractivity (Wildman–Crippen MR) is 58.2 cm³/mol. The van der Waals surface area contributed by atoms with Gasteiger partial charge in [0.15, 0.2) is 0 Å². The fourth-order valence-electron chi connectivity index (χ4n) is 0.827. The maximum Gasteiger partial charge on any atom is 0.216 e. The summed E-state index contributed by atoms with van der Waals surface area (Å²) >= 11 is 0. The third-order valence-corrected chi connectivity index (χ3v) is 1.71. The van der Waals surface area contributed by atoms with Gasteiger partial charge in [0, 0.05) is 18.9 Å². The molecule has 0 aliphatic heterocycles. The highest BCUT2D eigenvalue weighted by Gasteiger charge is 2.22. The van der Waals surface area contributed by atoms with Gasteiger partial charge in [0.05, 0.1) is 12.2 Å². The molecule has 0 aliphatic rings. The van der Waals surface area contributed by atoms with Gasteiger partial charge in [-0.05, 0) is 20.8 Å². The molecular formula is C11H23NO2. The highest BCUT2D eigenvalue weighted by molar-refractivity contribution is 5.72. The number of amides is 1. The number of rotatable bonds is 4. The van der Waals surface area contributed by atoms with E-state index in [0.29, 0.717) is 13.2 Å². The largest absolute Gasteiger partial charge is 0.375 e. The number of hydrogen-bond acceptors (Lipinski definition) is 2. The van der Waals surface area contributed by atoms with Gasteiger partial charge in [-0.2, -0.15) is 0 Å². The molecule has 1 amide bonds. The topological polar surface area (TPSA) is 38.3 Å². The van der Waals surface area contributed by atoms with Crippen molar-refractivity contribution >= 4 is 5.91 Å². The second-order valence-corrected chi connectivity index (χ2v) is 5.48. The molecule has 0 rings (SSSR count). The van der Waals surface area contributed by atoms with E-state index in [9.17, 15) is 4.79 Å². The third-order valence-electron chi connectivity index (χ3n) is 1.71. The van der Waals surface area contributed by atoms with E-state index in [4.69, 9.17) is 4.74 Å². The fourth-order valence-corrected chi connectivity index (χ4v) is 0.827. The molecule has 3 nitrogen and oxygen atoms in total. The van der Waals surface area contributed by atoms with Crippen molar-refractivity contribution in [3.05, 3.63) is 0 Å². The van der Waals surface area contributed by atoms with E-state index in [0.717, 1.165) is 0 Å². The van der Waals surface area contributed by atoms with E-state index in [-0.39, 0.29) is 16.9 Å². The summed E-state index contributed by atoms with van der Waals surface area (Å²) < 4.78 is 5.68. The first-order valence-electron chi connectivity index (χ1n) is 5.01. The SMILES string of the molecule is CC(=O)NCC(C)(C)COC(C)(C)C. The van der Waals surface area contributed by atoms with Crippen molar-refractivity contribution in [3.8, 4) is 0 Å². The van der Waals surface area contributed by atoms with Crippen LogP contribution in [-0.2, 0) is 9.53 Å². The van der Waals surface area contributed by atoms with Gasteiger partial charge in [0.2, 0.25) is 5.91 Å². The molecule has 0 aromatic rings. The van der Waals surface area contributed by atoms with Crippen LogP contribution in [0.5, 0.6) is 0 Å². The van der Waals surface area contributed by atoms with Gasteiger partial charge in [-0.15, -0.1) is 0 Å². The van der Waals surface area contributed by atoms with Gasteiger partial charge < -0.3 is 10.1 Å². The molecule has 0 atom stereocenters. The van der Waals surface area contributed by atoms with E-state index in [1.165, 1.54) is 6.92 Å². The van der Waals surface area contributed by atoms with Crippen molar-refractivity contribution in [2.45, 2.75) is 47.1 Å². The normalized spacial score (nSPS) is 12.7. The van der Waals surface area contributed by atoms with Crippen LogP contribution in [0.25, 0.3) is 0 Å². The molecule has 3 heteroatoms. The monoisotopic (exact) mass is 201 g/mol. The molecule has 0 saturated heterocycles. The Morgan fingerprint density at radius 1 is 1.21 bits per heavy atom. The minimum Gasteiger partial charge on any atom is -0.375 e. The molecule has 84 valence electrons. The standard InChI is InChI=1S/C11H23NO2/c1-9(13)12-7-11(5,6)8-14-10(2,3)4/h7-8H2,1-6H3,(H,12,13). The number of nitrogens with one attached hydrogen (secondary N) is 1. The van der Waals surface area contributed by atoms with Crippen LogP contribution in [0.15, 0.2) is 0 Å². The van der Waals surface area contributed by atoms with Crippen LogP contribution >= 0.6 is 0 Å². The Morgan fingerprint density at radius 2 is 1.71 bits per heavy atom. The van der Waals surface area contributed by atoms with Crippen LogP contribution in [0.4, 0.5) is 0 Å². The molecule has 0 saturated carbocycles. The van der Waals surface area contributed by atoms with Gasteiger partial charge in [0.25, 0.3) is 0 Å². The van der Waals surface area contributed by atoms with Gasteiger partial charge in [-0.25, -0.2) is 0 Å². The molecular weight excluding hydrogens is 178 g/mol. The molecule has 0 bridgehead atoms. The summed E-state index contributed by atoms with van der Waals surface area (Å²) in [4.78, 5) is 10.7. The van der Waals surface area contributed by atoms with Crippen LogP contribution in [-0.4, -0.2) is 24.7 Å². The maximum atomic E-state index is 10.7. The van der Waals surface area contributed by atoms with Gasteiger partial charge in [-0.1, -0.05) is 13.8 Å². The van der Waals surface area contributed by atoms with E-state index in [1.807, 2.05) is 20.8 Å². The summed E-state index contributed by atoms with van der Waals surface area (Å²) in [6.07, 6.45) is 0. The highest BCUT2D eigenvalue weighted by atomic mass is 16.5. The minimum atomic E-state index is -0.118. The maximum absolute atomic E-state index is 10.7. The van der Waals surface area contributed by atoms with Crippen LogP contribution in [0.2, 0.25) is 0 Å². The van der Waals surface area contributed by atoms with Crippen LogP contribution in [0.1, 0.15) is 41.5 Å². The first kappa shape index (κ1) is 13.4. The summed E-state index contributed by atoms with van der Waals surface area (Å²) in [6.45, 7) is 13.1. The Labute approximate surface area is 87.2 Å². The van der Waals surface area contributed by atoms with Crippen molar-refractivity contribution in [2.75, 3.05) is 13.2 Å². The summed E-state index contributed by atoms with van der Waals surface area (Å²) in [7, 11) is 0. The van der Waals surface area contributed by atoms with Crippen molar-refractivity contribution in [2.24, 2.45) is 5.41 Å². The minimum absolute atomic E-state index is 0.00818. The van der Waals surface area contributed by atoms with Crippen molar-refractivity contribution in [1.82, 2.24) is 5.32 Å². The lowest BCUT2D eigenvalue weighted by Gasteiger charge is -2.29. The van der Waals surface area contributed by atoms with Gasteiger partial charge in [0.1, 0.15) is 0 Å². The molecule has 0 heterocycles. The van der Waals surface area contributed by atoms with Crippen molar-refractivity contribution < 1.29 is 9.53 Å². The van der Waals surface area contributed by atoms with Crippen LogP contribution < -0.4 is 5.32 Å². The predicted octanol–water partition coefficient (Wildman–Crippen LogP) is 1.96. The molecule has 0 aromatic heterocycles. The number of carbonyl (C=O) groups is 1. The van der Waals surface area contributed by atoms with E-state index in [1.54, 1.807) is 0 Å². The molecule has 0 spiro atoms. The zero-order valence-electron chi connectivity index (χ0n) is 10.2. The van der Waals surface area contributed by atoms with E-state index in [2.05, 4.69) is 19.2 Å². The Kier molecular flexibility index (Phi) is 4.59. The molecule has 1 N–H and O–H groups in total. The second-order valence-electron chi connectivity index (χ2n) is 5.48. The van der Waals surface area contributed by atoms with E-state index >= 15 is 0 Å². The molecule has 14 heavy (non-hydrogen) atoms. The summed E-state index contributed by atoms with van der Waals surface area (Å²) in [5.41, 5.74) is -0.132. The third kappa shape index (κ3) is 8.05. The molecule has 0 aliphatic carbocycles. The van der Waals surface area contributed by atoms with Crippen molar-refractivity contribution in [1.29, 1.82) is 0 Å². The van der Waals surface area contributed by atoms with Crippen LogP contribution in [0, 0.1) is 5.41 Å². The highest BCUT2D eigenvalue weighted by Crippen LogP contribution is 2.18. The average Bonchev–Trinajstić information content (AvgIpc) is 1.97. The van der Waals surface area contributed by atoms with E-state index < -0.39 is 0 Å². The number of hydrogen-bond donors (Lipinski definition) is 1. The van der Waals surface area contributed by atoms with Gasteiger partial charge >= 0.3 is 0 Å². The summed E-state index contributed by atoms with van der Waals surface area (Å²) in [5, 5.41) is 2.80. The summed E-state index contributed by atoms with van der Waals surface area (Å²) in [6, 6.07) is 0. The Hall–Kier alpha value is -0.570. The fraction of sp³-hybridized carbons (Fsp3) is 0.909. The molecule has 0 fully saturated rings.